The lowest BCUT2D eigenvalue weighted by Crippen LogP contribution is -2.47. The molecule has 2 heterocycles. The normalized spacial score (nSPS) is 18.1. The average Bonchev–Trinajstić information content (AvgIpc) is 3.20. The SMILES string of the molecule is CC(C)n1nc(C(=O)NCCN2CCC(NC(=O)[C]3CCCCCCC3)CC2)c2ccccc21.[CH2].[CH2]. The minimum absolute atomic E-state index is 0. The van der Waals surface area contributed by atoms with Crippen molar-refractivity contribution in [1.29, 1.82) is 0 Å². The van der Waals surface area contributed by atoms with Crippen molar-refractivity contribution < 1.29 is 9.59 Å². The highest BCUT2D eigenvalue weighted by molar-refractivity contribution is 6.04. The number of benzene rings is 1. The third kappa shape index (κ3) is 7.55. The van der Waals surface area contributed by atoms with E-state index in [4.69, 9.17) is 0 Å². The van der Waals surface area contributed by atoms with Crippen molar-refractivity contribution in [3.8, 4) is 0 Å². The van der Waals surface area contributed by atoms with Crippen LogP contribution in [0.5, 0.6) is 0 Å². The maximum Gasteiger partial charge on any atom is 0.272 e. The number of amides is 2. The summed E-state index contributed by atoms with van der Waals surface area (Å²) in [7, 11) is 0. The van der Waals surface area contributed by atoms with Crippen molar-refractivity contribution in [2.75, 3.05) is 26.2 Å². The first-order valence-corrected chi connectivity index (χ1v) is 13.2. The van der Waals surface area contributed by atoms with Crippen LogP contribution in [0.3, 0.4) is 0 Å². The standard InChI is InChI=1S/C27H40N5O2.2CH2/c1-20(2)32-24-13-9-8-12-23(24)25(30-32)27(34)28-16-19-31-17-14-22(15-18-31)29-26(33)21-10-6-4-3-5-7-11-21;;/h8-9,12-13,20,22H,3-7,10-11,14-19H2,1-2H3,(H,28,34)(H,29,33);2*1H2. The Labute approximate surface area is 218 Å². The van der Waals surface area contributed by atoms with E-state index < -0.39 is 0 Å². The topological polar surface area (TPSA) is 79.3 Å². The lowest BCUT2D eigenvalue weighted by Gasteiger charge is -2.33. The summed E-state index contributed by atoms with van der Waals surface area (Å²) in [6.45, 7) is 7.44. The monoisotopic (exact) mass is 494 g/mol. The molecule has 0 bridgehead atoms. The molecule has 2 aliphatic rings. The second-order valence-electron chi connectivity index (χ2n) is 10.1. The Morgan fingerprint density at radius 1 is 0.972 bits per heavy atom. The molecule has 7 nitrogen and oxygen atoms in total. The number of hydrogen-bond acceptors (Lipinski definition) is 4. The fourth-order valence-corrected chi connectivity index (χ4v) is 5.21. The summed E-state index contributed by atoms with van der Waals surface area (Å²) in [5.41, 5.74) is 1.49. The van der Waals surface area contributed by atoms with Crippen LogP contribution in [0.2, 0.25) is 0 Å². The molecule has 36 heavy (non-hydrogen) atoms. The average molecular weight is 495 g/mol. The van der Waals surface area contributed by atoms with Gasteiger partial charge in [-0.2, -0.15) is 5.10 Å². The fraction of sp³-hybridized carbons (Fsp3) is 0.586. The maximum absolute atomic E-state index is 12.9. The van der Waals surface area contributed by atoms with Crippen molar-refractivity contribution in [1.82, 2.24) is 25.3 Å². The van der Waals surface area contributed by atoms with E-state index in [9.17, 15) is 9.59 Å². The van der Waals surface area contributed by atoms with Gasteiger partial charge in [-0.15, -0.1) is 0 Å². The maximum atomic E-state index is 12.9. The van der Waals surface area contributed by atoms with E-state index in [1.54, 1.807) is 0 Å². The van der Waals surface area contributed by atoms with Crippen LogP contribution < -0.4 is 10.6 Å². The number of carbonyl (C=O) groups is 2. The number of likely N-dealkylation sites (tertiary alicyclic amines) is 1. The number of nitrogens with one attached hydrogen (secondary N) is 2. The third-order valence-corrected chi connectivity index (χ3v) is 7.23. The Morgan fingerprint density at radius 2 is 1.61 bits per heavy atom. The van der Waals surface area contributed by atoms with Crippen LogP contribution in [0.1, 0.15) is 88.2 Å². The fourth-order valence-electron chi connectivity index (χ4n) is 5.21. The van der Waals surface area contributed by atoms with Crippen molar-refractivity contribution >= 4 is 22.7 Å². The molecule has 1 aliphatic carbocycles. The van der Waals surface area contributed by atoms with Crippen LogP contribution >= 0.6 is 0 Å². The second-order valence-corrected chi connectivity index (χ2v) is 10.1. The quantitative estimate of drug-likeness (QED) is 0.574. The molecule has 1 saturated heterocycles. The minimum Gasteiger partial charge on any atom is -0.353 e. The van der Waals surface area contributed by atoms with E-state index in [0.717, 1.165) is 75.0 Å². The smallest absolute Gasteiger partial charge is 0.272 e. The summed E-state index contributed by atoms with van der Waals surface area (Å²) < 4.78 is 1.91. The van der Waals surface area contributed by atoms with Gasteiger partial charge < -0.3 is 15.5 Å². The lowest BCUT2D eigenvalue weighted by atomic mass is 9.90. The van der Waals surface area contributed by atoms with Gasteiger partial charge in [0.15, 0.2) is 5.69 Å². The molecule has 2 amide bonds. The zero-order valence-corrected chi connectivity index (χ0v) is 22.2. The van der Waals surface area contributed by atoms with Gasteiger partial charge in [0.1, 0.15) is 0 Å². The highest BCUT2D eigenvalue weighted by Crippen LogP contribution is 2.25. The summed E-state index contributed by atoms with van der Waals surface area (Å²) in [4.78, 5) is 27.9. The Balaban J connectivity index is 0.00000228. The molecule has 1 aromatic carbocycles. The minimum atomic E-state index is -0.117. The van der Waals surface area contributed by atoms with Crippen LogP contribution in [-0.4, -0.2) is 58.7 Å². The van der Waals surface area contributed by atoms with E-state index in [1.165, 1.54) is 19.3 Å². The van der Waals surface area contributed by atoms with Gasteiger partial charge in [0.05, 0.1) is 11.4 Å². The number of para-hydroxylation sites is 1. The first kappa shape index (κ1) is 29.8. The third-order valence-electron chi connectivity index (χ3n) is 7.23. The van der Waals surface area contributed by atoms with Crippen LogP contribution in [0.4, 0.5) is 0 Å². The molecule has 0 spiro atoms. The molecule has 1 aromatic heterocycles. The van der Waals surface area contributed by atoms with Crippen molar-refractivity contribution in [3.63, 3.8) is 0 Å². The van der Waals surface area contributed by atoms with Crippen LogP contribution in [-0.2, 0) is 4.79 Å². The molecule has 1 aliphatic heterocycles. The van der Waals surface area contributed by atoms with Gasteiger partial charge >= 0.3 is 0 Å². The Hall–Kier alpha value is -2.41. The first-order chi connectivity index (χ1) is 16.5. The molecule has 2 N–H and O–H groups in total. The number of hydrogen-bond donors (Lipinski definition) is 2. The molecule has 2 fully saturated rings. The van der Waals surface area contributed by atoms with Gasteiger partial charge in [0.25, 0.3) is 5.91 Å². The van der Waals surface area contributed by atoms with Gasteiger partial charge in [-0.3, -0.25) is 14.3 Å². The first-order valence-electron chi connectivity index (χ1n) is 13.2. The summed E-state index contributed by atoms with van der Waals surface area (Å²) in [5.74, 6) is 1.19. The molecule has 7 heteroatoms. The van der Waals surface area contributed by atoms with Crippen molar-refractivity contribution in [3.05, 3.63) is 50.7 Å². The van der Waals surface area contributed by atoms with Crippen LogP contribution in [0.25, 0.3) is 10.9 Å². The van der Waals surface area contributed by atoms with Gasteiger partial charge in [-0.1, -0.05) is 65.2 Å². The molecule has 4 rings (SSSR count). The van der Waals surface area contributed by atoms with Gasteiger partial charge in [0, 0.05) is 43.6 Å². The number of carbonyl (C=O) groups excluding carboxylic acids is 2. The van der Waals surface area contributed by atoms with E-state index in [2.05, 4.69) is 34.5 Å². The number of rotatable bonds is 7. The highest BCUT2D eigenvalue weighted by Gasteiger charge is 2.25. The number of fused-ring (bicyclic) bond motifs is 1. The van der Waals surface area contributed by atoms with Crippen molar-refractivity contribution in [2.45, 2.75) is 83.7 Å². The molecular weight excluding hydrogens is 450 g/mol. The van der Waals surface area contributed by atoms with E-state index >= 15 is 0 Å². The molecule has 0 unspecified atom stereocenters. The number of nitrogens with zero attached hydrogens (tertiary/aromatic N) is 3. The van der Waals surface area contributed by atoms with Gasteiger partial charge in [-0.05, 0) is 45.6 Å². The summed E-state index contributed by atoms with van der Waals surface area (Å²) in [6.07, 6.45) is 9.99. The molecule has 1 saturated carbocycles. The predicted molar refractivity (Wildman–Crippen MR) is 146 cm³/mol. The summed E-state index contributed by atoms with van der Waals surface area (Å²) in [5, 5.41) is 11.8. The summed E-state index contributed by atoms with van der Waals surface area (Å²) in [6, 6.07) is 8.36. The molecule has 197 valence electrons. The van der Waals surface area contributed by atoms with Gasteiger partial charge in [0.2, 0.25) is 5.91 Å². The molecule has 2 aromatic rings. The van der Waals surface area contributed by atoms with E-state index in [1.807, 2.05) is 28.9 Å². The predicted octanol–water partition coefficient (Wildman–Crippen LogP) is 4.90. The van der Waals surface area contributed by atoms with E-state index in [-0.39, 0.29) is 38.8 Å². The van der Waals surface area contributed by atoms with Crippen molar-refractivity contribution in [2.24, 2.45) is 0 Å². The van der Waals surface area contributed by atoms with Gasteiger partial charge in [-0.25, -0.2) is 0 Å². The number of aromatic nitrogens is 2. The Morgan fingerprint density at radius 3 is 2.28 bits per heavy atom. The van der Waals surface area contributed by atoms with E-state index in [0.29, 0.717) is 12.2 Å². The molecule has 0 atom stereocenters. The van der Waals surface area contributed by atoms with Crippen LogP contribution in [0, 0.1) is 20.8 Å². The molecular formula is C29H44N5O2. The largest absolute Gasteiger partial charge is 0.353 e. The lowest BCUT2D eigenvalue weighted by molar-refractivity contribution is -0.120. The Bertz CT molecular complexity index is 954. The highest BCUT2D eigenvalue weighted by atomic mass is 16.2. The second kappa shape index (κ2) is 14.4. The summed E-state index contributed by atoms with van der Waals surface area (Å²) >= 11 is 0. The molecule has 5 radical (unpaired) electrons. The number of piperidine rings is 1. The zero-order valence-electron chi connectivity index (χ0n) is 22.2. The zero-order chi connectivity index (χ0) is 23.9. The van der Waals surface area contributed by atoms with Crippen LogP contribution in [0.15, 0.2) is 24.3 Å². The Kier molecular flexibility index (Phi) is 11.9.